The van der Waals surface area contributed by atoms with Crippen molar-refractivity contribution in [3.05, 3.63) is 0 Å². The molecule has 5 heteroatoms. The van der Waals surface area contributed by atoms with Crippen molar-refractivity contribution in [2.75, 3.05) is 19.4 Å². The number of rotatable bonds is 7. The van der Waals surface area contributed by atoms with Crippen LogP contribution in [0, 0.1) is 5.92 Å². The zero-order valence-corrected chi connectivity index (χ0v) is 12.6. The molecule has 0 radical (unpaired) electrons. The van der Waals surface area contributed by atoms with Crippen LogP contribution in [0.25, 0.3) is 0 Å². The van der Waals surface area contributed by atoms with Gasteiger partial charge in [-0.25, -0.2) is 0 Å². The molecule has 1 saturated carbocycles. The van der Waals surface area contributed by atoms with Gasteiger partial charge in [-0.1, -0.05) is 26.7 Å². The minimum absolute atomic E-state index is 0.173. The lowest BCUT2D eigenvalue weighted by Crippen LogP contribution is -2.16. The lowest BCUT2D eigenvalue weighted by atomic mass is 10.2. The highest BCUT2D eigenvalue weighted by Crippen LogP contribution is 2.57. The number of ether oxygens (including phenoxy) is 1. The molecule has 1 aliphatic rings. The summed E-state index contributed by atoms with van der Waals surface area (Å²) in [4.78, 5) is 10.8. The molecule has 0 spiro atoms. The van der Waals surface area contributed by atoms with Crippen LogP contribution >= 0.6 is 7.37 Å². The number of esters is 1. The normalized spacial score (nSPS) is 20.0. The summed E-state index contributed by atoms with van der Waals surface area (Å²) >= 11 is 0. The monoisotopic (exact) mass is 276 g/mol. The zero-order valence-electron chi connectivity index (χ0n) is 11.7. The molecule has 1 unspecified atom stereocenters. The summed E-state index contributed by atoms with van der Waals surface area (Å²) in [5, 5.41) is 0. The van der Waals surface area contributed by atoms with E-state index in [1.807, 2.05) is 13.8 Å². The van der Waals surface area contributed by atoms with Crippen LogP contribution in [0.2, 0.25) is 0 Å². The van der Waals surface area contributed by atoms with E-state index in [2.05, 4.69) is 0 Å². The summed E-state index contributed by atoms with van der Waals surface area (Å²) in [5.74, 6) is 0.0466. The highest BCUT2D eigenvalue weighted by molar-refractivity contribution is 7.59. The third-order valence-electron chi connectivity index (χ3n) is 3.22. The van der Waals surface area contributed by atoms with Crippen molar-refractivity contribution in [1.82, 2.24) is 0 Å². The first-order valence-corrected chi connectivity index (χ1v) is 8.68. The van der Waals surface area contributed by atoms with Crippen molar-refractivity contribution in [2.45, 2.75) is 52.1 Å². The van der Waals surface area contributed by atoms with E-state index >= 15 is 0 Å². The van der Waals surface area contributed by atoms with Crippen molar-refractivity contribution >= 4 is 13.3 Å². The second kappa shape index (κ2) is 7.30. The summed E-state index contributed by atoms with van der Waals surface area (Å²) in [7, 11) is -2.65. The maximum absolute atomic E-state index is 12.9. The topological polar surface area (TPSA) is 52.6 Å². The maximum atomic E-state index is 12.9. The van der Waals surface area contributed by atoms with Crippen LogP contribution in [0.3, 0.4) is 0 Å². The second-order valence-electron chi connectivity index (χ2n) is 5.42. The second-order valence-corrected chi connectivity index (χ2v) is 8.31. The molecule has 106 valence electrons. The van der Waals surface area contributed by atoms with Crippen LogP contribution < -0.4 is 0 Å². The fourth-order valence-electron chi connectivity index (χ4n) is 2.24. The molecule has 0 saturated heterocycles. The van der Waals surface area contributed by atoms with Gasteiger partial charge in [-0.2, -0.15) is 0 Å². The zero-order chi connectivity index (χ0) is 13.6. The van der Waals surface area contributed by atoms with E-state index in [9.17, 15) is 9.36 Å². The van der Waals surface area contributed by atoms with Gasteiger partial charge >= 0.3 is 5.97 Å². The van der Waals surface area contributed by atoms with Gasteiger partial charge in [0.1, 0.15) is 6.61 Å². The van der Waals surface area contributed by atoms with Gasteiger partial charge in [0.25, 0.3) is 0 Å². The van der Waals surface area contributed by atoms with Crippen LogP contribution in [0.4, 0.5) is 0 Å². The molecule has 1 rings (SSSR count). The van der Waals surface area contributed by atoms with Crippen LogP contribution in [0.1, 0.15) is 46.5 Å². The van der Waals surface area contributed by atoms with Crippen LogP contribution in [0.5, 0.6) is 0 Å². The molecule has 1 aliphatic carbocycles. The lowest BCUT2D eigenvalue weighted by Gasteiger charge is -2.25. The Balaban J connectivity index is 2.55. The lowest BCUT2D eigenvalue weighted by molar-refractivity contribution is -0.140. The summed E-state index contributed by atoms with van der Waals surface area (Å²) in [5.41, 5.74) is 0.173. The molecule has 0 N–H and O–H groups in total. The molecule has 0 amide bonds. The quantitative estimate of drug-likeness (QED) is 0.528. The number of hydrogen-bond donors (Lipinski definition) is 0. The Labute approximate surface area is 110 Å². The Hall–Kier alpha value is -0.340. The van der Waals surface area contributed by atoms with E-state index in [1.54, 1.807) is 0 Å². The Kier molecular flexibility index (Phi) is 6.37. The Bertz CT molecular complexity index is 308. The fourth-order valence-corrected chi connectivity index (χ4v) is 5.00. The van der Waals surface area contributed by atoms with Crippen molar-refractivity contribution in [2.24, 2.45) is 5.92 Å². The van der Waals surface area contributed by atoms with E-state index in [1.165, 1.54) is 6.92 Å². The third kappa shape index (κ3) is 5.11. The average Bonchev–Trinajstić information content (AvgIpc) is 2.79. The Morgan fingerprint density at radius 1 is 1.33 bits per heavy atom. The van der Waals surface area contributed by atoms with Crippen molar-refractivity contribution in [3.8, 4) is 0 Å². The van der Waals surface area contributed by atoms with Crippen molar-refractivity contribution in [3.63, 3.8) is 0 Å². The molecule has 4 nitrogen and oxygen atoms in total. The van der Waals surface area contributed by atoms with Gasteiger partial charge in [-0.05, 0) is 18.8 Å². The molecule has 0 aromatic heterocycles. The van der Waals surface area contributed by atoms with E-state index in [4.69, 9.17) is 9.26 Å². The minimum Gasteiger partial charge on any atom is -0.465 e. The standard InChI is InChI=1S/C13H25O4P/c1-11(2)10-17-18(15,9-8-16-12(3)14)13-6-4-5-7-13/h11,13H,4-10H2,1-3H3. The average molecular weight is 276 g/mol. The van der Waals surface area contributed by atoms with E-state index in [0.717, 1.165) is 25.7 Å². The van der Waals surface area contributed by atoms with Gasteiger partial charge in [0, 0.05) is 12.6 Å². The Morgan fingerprint density at radius 3 is 2.44 bits per heavy atom. The smallest absolute Gasteiger partial charge is 0.302 e. The molecule has 1 atom stereocenters. The highest BCUT2D eigenvalue weighted by atomic mass is 31.2. The van der Waals surface area contributed by atoms with Gasteiger partial charge in [0.05, 0.1) is 12.8 Å². The molecular weight excluding hydrogens is 251 g/mol. The first-order valence-electron chi connectivity index (χ1n) is 6.80. The SMILES string of the molecule is CC(=O)OCCP(=O)(OCC(C)C)C1CCCC1. The van der Waals surface area contributed by atoms with Gasteiger partial charge in [0.2, 0.25) is 7.37 Å². The third-order valence-corrected chi connectivity index (χ3v) is 6.24. The Morgan fingerprint density at radius 2 is 1.94 bits per heavy atom. The summed E-state index contributed by atoms with van der Waals surface area (Å²) in [6.45, 7) is 6.20. The minimum atomic E-state index is -2.65. The molecule has 1 fully saturated rings. The predicted molar refractivity (Wildman–Crippen MR) is 72.2 cm³/mol. The fraction of sp³-hybridized carbons (Fsp3) is 0.923. The molecular formula is C13H25O4P. The molecule has 0 aliphatic heterocycles. The van der Waals surface area contributed by atoms with Crippen LogP contribution in [-0.2, 0) is 18.6 Å². The summed E-state index contributed by atoms with van der Waals surface area (Å²) in [6.07, 6.45) is 4.59. The van der Waals surface area contributed by atoms with Gasteiger partial charge in [-0.15, -0.1) is 0 Å². The van der Waals surface area contributed by atoms with Crippen molar-refractivity contribution in [1.29, 1.82) is 0 Å². The van der Waals surface area contributed by atoms with Gasteiger partial charge < -0.3 is 9.26 Å². The first-order chi connectivity index (χ1) is 8.44. The summed E-state index contributed by atoms with van der Waals surface area (Å²) in [6, 6.07) is 0. The van der Waals surface area contributed by atoms with Crippen LogP contribution in [0.15, 0.2) is 0 Å². The molecule has 0 aromatic rings. The molecule has 0 bridgehead atoms. The highest BCUT2D eigenvalue weighted by Gasteiger charge is 2.36. The maximum Gasteiger partial charge on any atom is 0.302 e. The number of carbonyl (C=O) groups is 1. The molecule has 0 heterocycles. The van der Waals surface area contributed by atoms with E-state index < -0.39 is 7.37 Å². The van der Waals surface area contributed by atoms with Crippen LogP contribution in [-0.4, -0.2) is 31.0 Å². The predicted octanol–water partition coefficient (Wildman–Crippen LogP) is 3.44. The number of hydrogen-bond acceptors (Lipinski definition) is 4. The molecule has 18 heavy (non-hydrogen) atoms. The number of carbonyl (C=O) groups excluding carboxylic acids is 1. The van der Waals surface area contributed by atoms with Gasteiger partial charge in [-0.3, -0.25) is 9.36 Å². The van der Waals surface area contributed by atoms with E-state index in [0.29, 0.717) is 18.7 Å². The largest absolute Gasteiger partial charge is 0.465 e. The summed E-state index contributed by atoms with van der Waals surface area (Å²) < 4.78 is 23.5. The van der Waals surface area contributed by atoms with E-state index in [-0.39, 0.29) is 18.2 Å². The molecule has 0 aromatic carbocycles. The van der Waals surface area contributed by atoms with Gasteiger partial charge in [0.15, 0.2) is 0 Å². The first kappa shape index (κ1) is 15.7. The van der Waals surface area contributed by atoms with Crippen molar-refractivity contribution < 1.29 is 18.6 Å².